The highest BCUT2D eigenvalue weighted by Crippen LogP contribution is 2.20. The SMILES string of the molecule is O=C(O)c1cc(S(=O)(=O)NCc2csc(=O)[nH]2)ccc1Cl. The molecule has 10 heteroatoms. The molecule has 0 amide bonds. The van der Waals surface area contributed by atoms with Crippen molar-refractivity contribution in [1.29, 1.82) is 0 Å². The fraction of sp³-hybridized carbons (Fsp3) is 0.0909. The van der Waals surface area contributed by atoms with Gasteiger partial charge in [-0.15, -0.1) is 0 Å². The van der Waals surface area contributed by atoms with Crippen LogP contribution in [0.15, 0.2) is 33.3 Å². The predicted octanol–water partition coefficient (Wildman–Crippen LogP) is 1.27. The van der Waals surface area contributed by atoms with Gasteiger partial charge in [-0.05, 0) is 18.2 Å². The number of rotatable bonds is 5. The maximum atomic E-state index is 12.1. The van der Waals surface area contributed by atoms with Crippen LogP contribution in [0.4, 0.5) is 0 Å². The first kappa shape index (κ1) is 15.7. The lowest BCUT2D eigenvalue weighted by atomic mass is 10.2. The van der Waals surface area contributed by atoms with E-state index in [-0.39, 0.29) is 26.9 Å². The van der Waals surface area contributed by atoms with E-state index >= 15 is 0 Å². The lowest BCUT2D eigenvalue weighted by Crippen LogP contribution is -2.24. The summed E-state index contributed by atoms with van der Waals surface area (Å²) in [5, 5.41) is 10.4. The van der Waals surface area contributed by atoms with Crippen molar-refractivity contribution in [2.45, 2.75) is 11.4 Å². The van der Waals surface area contributed by atoms with Gasteiger partial charge >= 0.3 is 10.8 Å². The van der Waals surface area contributed by atoms with E-state index < -0.39 is 16.0 Å². The standard InChI is InChI=1S/C11H9ClN2O5S2/c12-9-2-1-7(3-8(9)10(15)16)21(18,19)13-4-6-5-20-11(17)14-6/h1-3,5,13H,4H2,(H,14,17)(H,15,16). The van der Waals surface area contributed by atoms with Crippen molar-refractivity contribution in [3.63, 3.8) is 0 Å². The summed E-state index contributed by atoms with van der Waals surface area (Å²) >= 11 is 6.60. The molecule has 0 bridgehead atoms. The number of H-pyrrole nitrogens is 1. The number of sulfonamides is 1. The highest BCUT2D eigenvalue weighted by molar-refractivity contribution is 7.89. The minimum atomic E-state index is -3.91. The molecule has 0 aliphatic heterocycles. The molecule has 7 nitrogen and oxygen atoms in total. The first-order chi connectivity index (χ1) is 9.79. The molecule has 3 N–H and O–H groups in total. The van der Waals surface area contributed by atoms with E-state index in [1.165, 1.54) is 17.5 Å². The Hall–Kier alpha value is -1.68. The maximum absolute atomic E-state index is 12.1. The third-order valence-corrected chi connectivity index (χ3v) is 4.95. The molecule has 0 radical (unpaired) electrons. The van der Waals surface area contributed by atoms with Gasteiger partial charge in [-0.3, -0.25) is 4.79 Å². The number of benzene rings is 1. The van der Waals surface area contributed by atoms with Crippen LogP contribution < -0.4 is 9.60 Å². The summed E-state index contributed by atoms with van der Waals surface area (Å²) in [6.45, 7) is -0.105. The summed E-state index contributed by atoms with van der Waals surface area (Å²) in [5.41, 5.74) is 0.115. The van der Waals surface area contributed by atoms with Crippen LogP contribution in [0.3, 0.4) is 0 Å². The fourth-order valence-electron chi connectivity index (χ4n) is 1.49. The maximum Gasteiger partial charge on any atom is 0.337 e. The van der Waals surface area contributed by atoms with E-state index in [1.807, 2.05) is 0 Å². The number of carbonyl (C=O) groups is 1. The molecule has 0 saturated heterocycles. The largest absolute Gasteiger partial charge is 0.478 e. The molecule has 1 aromatic heterocycles. The van der Waals surface area contributed by atoms with Crippen molar-refractivity contribution in [1.82, 2.24) is 9.71 Å². The second-order valence-electron chi connectivity index (χ2n) is 3.94. The van der Waals surface area contributed by atoms with Gasteiger partial charge in [-0.2, -0.15) is 0 Å². The molecule has 0 spiro atoms. The van der Waals surface area contributed by atoms with Gasteiger partial charge in [0.15, 0.2) is 0 Å². The Balaban J connectivity index is 2.25. The predicted molar refractivity (Wildman–Crippen MR) is 77.4 cm³/mol. The number of hydrogen-bond acceptors (Lipinski definition) is 5. The zero-order valence-electron chi connectivity index (χ0n) is 10.3. The minimum absolute atomic E-state index is 0.0522. The van der Waals surface area contributed by atoms with E-state index in [9.17, 15) is 18.0 Å². The molecule has 2 rings (SSSR count). The van der Waals surface area contributed by atoms with E-state index in [0.29, 0.717) is 5.69 Å². The summed E-state index contributed by atoms with van der Waals surface area (Å²) in [6.07, 6.45) is 0. The summed E-state index contributed by atoms with van der Waals surface area (Å²) in [7, 11) is -3.91. The molecule has 0 aliphatic rings. The number of hydrogen-bond donors (Lipinski definition) is 3. The molecule has 0 unspecified atom stereocenters. The summed E-state index contributed by atoms with van der Waals surface area (Å²) in [4.78, 5) is 23.8. The molecule has 0 aliphatic carbocycles. The number of aromatic amines is 1. The van der Waals surface area contributed by atoms with E-state index in [4.69, 9.17) is 16.7 Å². The van der Waals surface area contributed by atoms with Crippen molar-refractivity contribution in [2.24, 2.45) is 0 Å². The molecule has 0 fully saturated rings. The van der Waals surface area contributed by atoms with Crippen LogP contribution >= 0.6 is 22.9 Å². The van der Waals surface area contributed by atoms with Crippen LogP contribution in [-0.4, -0.2) is 24.5 Å². The molecular weight excluding hydrogens is 340 g/mol. The van der Waals surface area contributed by atoms with Crippen LogP contribution in [0, 0.1) is 0 Å². The minimum Gasteiger partial charge on any atom is -0.478 e. The van der Waals surface area contributed by atoms with Crippen LogP contribution in [-0.2, 0) is 16.6 Å². The zero-order chi connectivity index (χ0) is 15.6. The monoisotopic (exact) mass is 348 g/mol. The molecule has 112 valence electrons. The summed E-state index contributed by atoms with van der Waals surface area (Å²) < 4.78 is 26.4. The van der Waals surface area contributed by atoms with Crippen LogP contribution in [0.5, 0.6) is 0 Å². The van der Waals surface area contributed by atoms with E-state index in [0.717, 1.165) is 17.4 Å². The first-order valence-corrected chi connectivity index (χ1v) is 8.23. The van der Waals surface area contributed by atoms with E-state index in [1.54, 1.807) is 0 Å². The third-order valence-electron chi connectivity index (χ3n) is 2.50. The van der Waals surface area contributed by atoms with Crippen molar-refractivity contribution >= 4 is 38.9 Å². The number of thiazole rings is 1. The van der Waals surface area contributed by atoms with Crippen molar-refractivity contribution in [3.05, 3.63) is 49.5 Å². The molecule has 1 aromatic carbocycles. The average Bonchev–Trinajstić information content (AvgIpc) is 2.82. The average molecular weight is 349 g/mol. The Morgan fingerprint density at radius 1 is 1.43 bits per heavy atom. The first-order valence-electron chi connectivity index (χ1n) is 5.49. The lowest BCUT2D eigenvalue weighted by Gasteiger charge is -2.07. The van der Waals surface area contributed by atoms with Gasteiger partial charge in [0.05, 0.1) is 22.0 Å². The summed E-state index contributed by atoms with van der Waals surface area (Å²) in [5.74, 6) is -1.32. The second-order valence-corrected chi connectivity index (χ2v) is 6.96. The smallest absolute Gasteiger partial charge is 0.337 e. The number of carboxylic acid groups (broad SMARTS) is 1. The molecule has 0 atom stereocenters. The number of aromatic nitrogens is 1. The Bertz CT molecular complexity index is 840. The lowest BCUT2D eigenvalue weighted by molar-refractivity contribution is 0.0697. The number of aromatic carboxylic acids is 1. The number of nitrogens with one attached hydrogen (secondary N) is 2. The topological polar surface area (TPSA) is 116 Å². The fourth-order valence-corrected chi connectivity index (χ4v) is 3.30. The van der Waals surface area contributed by atoms with Crippen LogP contribution in [0.25, 0.3) is 0 Å². The van der Waals surface area contributed by atoms with Crippen molar-refractivity contribution in [3.8, 4) is 0 Å². The quantitative estimate of drug-likeness (QED) is 0.752. The Kier molecular flexibility index (Phi) is 4.47. The van der Waals surface area contributed by atoms with E-state index in [2.05, 4.69) is 9.71 Å². The van der Waals surface area contributed by atoms with Crippen LogP contribution in [0.2, 0.25) is 5.02 Å². The van der Waals surface area contributed by atoms with Crippen molar-refractivity contribution in [2.75, 3.05) is 0 Å². The molecule has 0 saturated carbocycles. The van der Waals surface area contributed by atoms with Gasteiger partial charge in [-0.1, -0.05) is 22.9 Å². The third kappa shape index (κ3) is 3.70. The van der Waals surface area contributed by atoms with Crippen molar-refractivity contribution < 1.29 is 18.3 Å². The molecule has 21 heavy (non-hydrogen) atoms. The second kappa shape index (κ2) is 5.98. The van der Waals surface area contributed by atoms with Gasteiger partial charge in [0.2, 0.25) is 10.0 Å². The highest BCUT2D eigenvalue weighted by atomic mass is 35.5. The zero-order valence-corrected chi connectivity index (χ0v) is 12.7. The van der Waals surface area contributed by atoms with Gasteiger partial charge in [0.1, 0.15) is 0 Å². The number of halogens is 1. The van der Waals surface area contributed by atoms with Gasteiger partial charge in [0.25, 0.3) is 0 Å². The summed E-state index contributed by atoms with van der Waals surface area (Å²) in [6, 6.07) is 3.38. The molecule has 2 aromatic rings. The van der Waals surface area contributed by atoms with Gasteiger partial charge < -0.3 is 10.1 Å². The van der Waals surface area contributed by atoms with Gasteiger partial charge in [0, 0.05) is 11.1 Å². The normalized spacial score (nSPS) is 11.5. The Morgan fingerprint density at radius 3 is 2.71 bits per heavy atom. The Morgan fingerprint density at radius 2 is 2.14 bits per heavy atom. The van der Waals surface area contributed by atoms with Gasteiger partial charge in [-0.25, -0.2) is 17.9 Å². The molecular formula is C11H9ClN2O5S2. The molecule has 1 heterocycles. The highest BCUT2D eigenvalue weighted by Gasteiger charge is 2.18. The Labute approximate surface area is 128 Å². The number of carboxylic acids is 1. The van der Waals surface area contributed by atoms with Crippen LogP contribution in [0.1, 0.15) is 16.1 Å².